The van der Waals surface area contributed by atoms with Crippen LogP contribution in [0.2, 0.25) is 0 Å². The van der Waals surface area contributed by atoms with Crippen molar-refractivity contribution >= 4 is 0 Å². The monoisotopic (exact) mass is 288 g/mol. The van der Waals surface area contributed by atoms with Crippen LogP contribution in [0, 0.1) is 0 Å². The second-order valence-electron chi connectivity index (χ2n) is 7.52. The molecule has 2 nitrogen and oxygen atoms in total. The summed E-state index contributed by atoms with van der Waals surface area (Å²) in [7, 11) is 0. The summed E-state index contributed by atoms with van der Waals surface area (Å²) in [5, 5.41) is 11.5. The molecule has 0 radical (unpaired) electrons. The Balaban J connectivity index is 2.11. The van der Waals surface area contributed by atoms with Gasteiger partial charge >= 0.3 is 0 Å². The molecule has 0 saturated carbocycles. The average Bonchev–Trinajstić information content (AvgIpc) is 2.77. The fourth-order valence-corrected chi connectivity index (χ4v) is 4.21. The number of hydrogen-bond donors (Lipinski definition) is 1. The molecule has 2 aliphatic rings. The second kappa shape index (κ2) is 5.40. The molecule has 3 rings (SSSR count). The molecule has 2 fully saturated rings. The van der Waals surface area contributed by atoms with Crippen molar-refractivity contribution in [3.63, 3.8) is 0 Å². The summed E-state index contributed by atoms with van der Waals surface area (Å²) in [5.41, 5.74) is 3.12. The highest BCUT2D eigenvalue weighted by Gasteiger charge is 2.46. The standard InChI is InChI=1S/C19H28O2/c1-12(2)16-6-5-7-17(13(3)4)18(16)19(20)10-14-8-9-15(11-19)21-14/h5-7,12-15,20H,8-11H2,1-4H3. The van der Waals surface area contributed by atoms with Gasteiger partial charge in [0, 0.05) is 12.8 Å². The van der Waals surface area contributed by atoms with Crippen molar-refractivity contribution in [1.29, 1.82) is 0 Å². The number of hydrogen-bond acceptors (Lipinski definition) is 2. The van der Waals surface area contributed by atoms with Crippen LogP contribution in [0.3, 0.4) is 0 Å². The van der Waals surface area contributed by atoms with Gasteiger partial charge in [-0.3, -0.25) is 0 Å². The molecular formula is C19H28O2. The van der Waals surface area contributed by atoms with Gasteiger partial charge in [0.1, 0.15) is 0 Å². The average molecular weight is 288 g/mol. The van der Waals surface area contributed by atoms with Crippen molar-refractivity contribution in [2.24, 2.45) is 0 Å². The Morgan fingerprint density at radius 2 is 1.48 bits per heavy atom. The van der Waals surface area contributed by atoms with E-state index in [1.165, 1.54) is 16.7 Å². The number of rotatable bonds is 3. The summed E-state index contributed by atoms with van der Waals surface area (Å²) < 4.78 is 5.95. The molecule has 2 unspecified atom stereocenters. The van der Waals surface area contributed by atoms with E-state index in [9.17, 15) is 5.11 Å². The molecule has 116 valence electrons. The van der Waals surface area contributed by atoms with Gasteiger partial charge in [0.15, 0.2) is 0 Å². The van der Waals surface area contributed by atoms with Crippen molar-refractivity contribution in [2.75, 3.05) is 0 Å². The highest BCUT2D eigenvalue weighted by Crippen LogP contribution is 2.47. The minimum Gasteiger partial charge on any atom is -0.385 e. The summed E-state index contributed by atoms with van der Waals surface area (Å²) in [5.74, 6) is 0.867. The summed E-state index contributed by atoms with van der Waals surface area (Å²) >= 11 is 0. The molecule has 0 aliphatic carbocycles. The molecule has 2 atom stereocenters. The van der Waals surface area contributed by atoms with Crippen molar-refractivity contribution in [2.45, 2.75) is 83.0 Å². The summed E-state index contributed by atoms with van der Waals surface area (Å²) in [4.78, 5) is 0. The maximum atomic E-state index is 11.5. The third kappa shape index (κ3) is 2.64. The van der Waals surface area contributed by atoms with Crippen LogP contribution in [-0.2, 0) is 10.3 Å². The SMILES string of the molecule is CC(C)c1cccc(C(C)C)c1C1(O)CC2CCC(C1)O2. The quantitative estimate of drug-likeness (QED) is 0.889. The first-order valence-electron chi connectivity index (χ1n) is 8.42. The zero-order valence-corrected chi connectivity index (χ0v) is 13.7. The van der Waals surface area contributed by atoms with Crippen LogP contribution < -0.4 is 0 Å². The highest BCUT2D eigenvalue weighted by molar-refractivity contribution is 5.43. The van der Waals surface area contributed by atoms with Crippen LogP contribution in [-0.4, -0.2) is 17.3 Å². The predicted octanol–water partition coefficient (Wildman–Crippen LogP) is 4.46. The van der Waals surface area contributed by atoms with E-state index in [0.717, 1.165) is 25.7 Å². The molecular weight excluding hydrogens is 260 g/mol. The van der Waals surface area contributed by atoms with Gasteiger partial charge in [0.05, 0.1) is 17.8 Å². The Hall–Kier alpha value is -0.860. The smallest absolute Gasteiger partial charge is 0.0951 e. The molecule has 0 aromatic heterocycles. The lowest BCUT2D eigenvalue weighted by atomic mass is 9.74. The largest absolute Gasteiger partial charge is 0.385 e. The zero-order valence-electron chi connectivity index (χ0n) is 13.7. The van der Waals surface area contributed by atoms with Gasteiger partial charge < -0.3 is 9.84 Å². The minimum absolute atomic E-state index is 0.244. The van der Waals surface area contributed by atoms with E-state index in [0.29, 0.717) is 11.8 Å². The van der Waals surface area contributed by atoms with E-state index in [2.05, 4.69) is 45.9 Å². The first kappa shape index (κ1) is 15.1. The maximum Gasteiger partial charge on any atom is 0.0951 e. The van der Waals surface area contributed by atoms with Gasteiger partial charge in [-0.2, -0.15) is 0 Å². The van der Waals surface area contributed by atoms with E-state index in [4.69, 9.17) is 4.74 Å². The summed E-state index contributed by atoms with van der Waals surface area (Å²) in [6.45, 7) is 8.89. The van der Waals surface area contributed by atoms with Gasteiger partial charge in [-0.1, -0.05) is 45.9 Å². The number of benzene rings is 1. The van der Waals surface area contributed by atoms with E-state index in [-0.39, 0.29) is 12.2 Å². The van der Waals surface area contributed by atoms with Crippen molar-refractivity contribution < 1.29 is 9.84 Å². The minimum atomic E-state index is -0.704. The Kier molecular flexibility index (Phi) is 3.87. The third-order valence-corrected chi connectivity index (χ3v) is 5.16. The van der Waals surface area contributed by atoms with Crippen molar-refractivity contribution in [3.05, 3.63) is 34.9 Å². The van der Waals surface area contributed by atoms with Gasteiger partial charge in [-0.05, 0) is 41.4 Å². The van der Waals surface area contributed by atoms with Crippen LogP contribution in [0.5, 0.6) is 0 Å². The number of ether oxygens (including phenoxy) is 1. The molecule has 2 aliphatic heterocycles. The molecule has 1 aromatic rings. The molecule has 2 saturated heterocycles. The zero-order chi connectivity index (χ0) is 15.2. The summed E-state index contributed by atoms with van der Waals surface area (Å²) in [6, 6.07) is 6.54. The summed E-state index contributed by atoms with van der Waals surface area (Å²) in [6.07, 6.45) is 4.21. The van der Waals surface area contributed by atoms with Crippen molar-refractivity contribution in [1.82, 2.24) is 0 Å². The van der Waals surface area contributed by atoms with Gasteiger partial charge in [-0.25, -0.2) is 0 Å². The topological polar surface area (TPSA) is 29.5 Å². The van der Waals surface area contributed by atoms with Crippen LogP contribution in [0.15, 0.2) is 18.2 Å². The van der Waals surface area contributed by atoms with Gasteiger partial charge in [-0.15, -0.1) is 0 Å². The number of fused-ring (bicyclic) bond motifs is 2. The molecule has 2 heterocycles. The predicted molar refractivity (Wildman–Crippen MR) is 85.6 cm³/mol. The Morgan fingerprint density at radius 1 is 1.00 bits per heavy atom. The maximum absolute atomic E-state index is 11.5. The molecule has 1 N–H and O–H groups in total. The van der Waals surface area contributed by atoms with E-state index >= 15 is 0 Å². The Bertz CT molecular complexity index is 480. The van der Waals surface area contributed by atoms with Gasteiger partial charge in [0.2, 0.25) is 0 Å². The van der Waals surface area contributed by atoms with Crippen LogP contribution >= 0.6 is 0 Å². The lowest BCUT2D eigenvalue weighted by Crippen LogP contribution is -2.40. The van der Waals surface area contributed by atoms with E-state index in [1.807, 2.05) is 0 Å². The first-order chi connectivity index (χ1) is 9.90. The van der Waals surface area contributed by atoms with E-state index in [1.54, 1.807) is 0 Å². The lowest BCUT2D eigenvalue weighted by Gasteiger charge is -2.40. The number of aliphatic hydroxyl groups is 1. The van der Waals surface area contributed by atoms with Crippen LogP contribution in [0.4, 0.5) is 0 Å². The Morgan fingerprint density at radius 3 is 1.90 bits per heavy atom. The normalized spacial score (nSPS) is 32.1. The molecule has 2 bridgehead atoms. The van der Waals surface area contributed by atoms with Crippen LogP contribution in [0.25, 0.3) is 0 Å². The lowest BCUT2D eigenvalue weighted by molar-refractivity contribution is -0.116. The molecule has 0 spiro atoms. The highest BCUT2D eigenvalue weighted by atomic mass is 16.5. The van der Waals surface area contributed by atoms with Crippen molar-refractivity contribution in [3.8, 4) is 0 Å². The molecule has 21 heavy (non-hydrogen) atoms. The fraction of sp³-hybridized carbons (Fsp3) is 0.684. The molecule has 1 aromatic carbocycles. The molecule has 0 amide bonds. The fourth-order valence-electron chi connectivity index (χ4n) is 4.21. The first-order valence-corrected chi connectivity index (χ1v) is 8.42. The van der Waals surface area contributed by atoms with Crippen LogP contribution in [0.1, 0.15) is 81.9 Å². The van der Waals surface area contributed by atoms with E-state index < -0.39 is 5.60 Å². The molecule has 2 heteroatoms. The second-order valence-corrected chi connectivity index (χ2v) is 7.52. The Labute approximate surface area is 128 Å². The van der Waals surface area contributed by atoms with Gasteiger partial charge in [0.25, 0.3) is 0 Å². The third-order valence-electron chi connectivity index (χ3n) is 5.16.